The Labute approximate surface area is 113 Å². The summed E-state index contributed by atoms with van der Waals surface area (Å²) >= 11 is 6.24. The zero-order valence-corrected chi connectivity index (χ0v) is 11.5. The maximum absolute atomic E-state index is 8.95. The molecule has 1 aromatic rings. The average molecular weight is 270 g/mol. The van der Waals surface area contributed by atoms with Crippen LogP contribution in [-0.2, 0) is 6.54 Å². The van der Waals surface area contributed by atoms with E-state index in [1.165, 1.54) is 6.42 Å². The molecule has 1 aromatic carbocycles. The number of aliphatic hydroxyl groups excluding tert-OH is 1. The van der Waals surface area contributed by atoms with Crippen LogP contribution in [0.3, 0.4) is 0 Å². The second kappa shape index (κ2) is 6.41. The van der Waals surface area contributed by atoms with E-state index in [1.807, 2.05) is 18.2 Å². The standard InChI is InChI=1S/C14H20ClNO2/c1-18-13-3-2-12(14(15)8-13)10-16-6-4-11(9-16)5-7-17/h2-3,8,11,17H,4-7,9-10H2,1H3/t11-/m1/s1. The Balaban J connectivity index is 1.94. The normalized spacial score (nSPS) is 20.3. The lowest BCUT2D eigenvalue weighted by atomic mass is 10.1. The molecule has 0 radical (unpaired) electrons. The van der Waals surface area contributed by atoms with Crippen LogP contribution in [0.2, 0.25) is 5.02 Å². The highest BCUT2D eigenvalue weighted by Crippen LogP contribution is 2.26. The first-order valence-electron chi connectivity index (χ1n) is 6.38. The number of benzene rings is 1. The lowest BCUT2D eigenvalue weighted by Gasteiger charge is -2.17. The fraction of sp³-hybridized carbons (Fsp3) is 0.571. The van der Waals surface area contributed by atoms with Crippen molar-refractivity contribution in [3.63, 3.8) is 0 Å². The summed E-state index contributed by atoms with van der Waals surface area (Å²) in [5.74, 6) is 1.43. The number of likely N-dealkylation sites (tertiary alicyclic amines) is 1. The van der Waals surface area contributed by atoms with Gasteiger partial charge < -0.3 is 9.84 Å². The number of rotatable bonds is 5. The van der Waals surface area contributed by atoms with Crippen molar-refractivity contribution < 1.29 is 9.84 Å². The second-order valence-corrected chi connectivity index (χ2v) is 5.27. The highest BCUT2D eigenvalue weighted by molar-refractivity contribution is 6.31. The van der Waals surface area contributed by atoms with Crippen LogP contribution in [0.1, 0.15) is 18.4 Å². The first-order chi connectivity index (χ1) is 8.72. The zero-order chi connectivity index (χ0) is 13.0. The van der Waals surface area contributed by atoms with Crippen molar-refractivity contribution in [2.75, 3.05) is 26.8 Å². The summed E-state index contributed by atoms with van der Waals surface area (Å²) < 4.78 is 5.14. The van der Waals surface area contributed by atoms with E-state index in [2.05, 4.69) is 4.90 Å². The summed E-state index contributed by atoms with van der Waals surface area (Å²) in [5.41, 5.74) is 1.14. The quantitative estimate of drug-likeness (QED) is 0.892. The molecule has 3 nitrogen and oxygen atoms in total. The fourth-order valence-electron chi connectivity index (χ4n) is 2.50. The van der Waals surface area contributed by atoms with Gasteiger partial charge in [-0.3, -0.25) is 4.90 Å². The van der Waals surface area contributed by atoms with Gasteiger partial charge in [-0.15, -0.1) is 0 Å². The molecular formula is C14H20ClNO2. The SMILES string of the molecule is COc1ccc(CN2CC[C@H](CCO)C2)c(Cl)c1. The van der Waals surface area contributed by atoms with E-state index < -0.39 is 0 Å². The molecule has 0 unspecified atom stereocenters. The Morgan fingerprint density at radius 2 is 2.33 bits per heavy atom. The Kier molecular flexibility index (Phi) is 4.87. The predicted molar refractivity (Wildman–Crippen MR) is 73.1 cm³/mol. The van der Waals surface area contributed by atoms with Gasteiger partial charge in [0.1, 0.15) is 5.75 Å². The monoisotopic (exact) mass is 269 g/mol. The molecule has 1 heterocycles. The van der Waals surface area contributed by atoms with Gasteiger partial charge in [0, 0.05) is 24.7 Å². The molecule has 100 valence electrons. The van der Waals surface area contributed by atoms with Gasteiger partial charge in [-0.05, 0) is 43.0 Å². The second-order valence-electron chi connectivity index (χ2n) is 4.86. The molecule has 1 N–H and O–H groups in total. The molecule has 0 aliphatic carbocycles. The van der Waals surface area contributed by atoms with Crippen molar-refractivity contribution in [1.29, 1.82) is 0 Å². The molecule has 1 aliphatic rings. The molecule has 1 aliphatic heterocycles. The van der Waals surface area contributed by atoms with Crippen LogP contribution in [0.5, 0.6) is 5.75 Å². The molecule has 0 amide bonds. The predicted octanol–water partition coefficient (Wildman–Crippen LogP) is 2.55. The lowest BCUT2D eigenvalue weighted by molar-refractivity contribution is 0.249. The van der Waals surface area contributed by atoms with Crippen LogP contribution in [0, 0.1) is 5.92 Å². The Bertz CT molecular complexity index is 397. The third kappa shape index (κ3) is 3.37. The summed E-state index contributed by atoms with van der Waals surface area (Å²) in [6, 6.07) is 5.83. The van der Waals surface area contributed by atoms with Gasteiger partial charge in [0.05, 0.1) is 7.11 Å². The van der Waals surface area contributed by atoms with Crippen LogP contribution < -0.4 is 4.74 Å². The van der Waals surface area contributed by atoms with Crippen LogP contribution in [0.15, 0.2) is 18.2 Å². The number of hydrogen-bond donors (Lipinski definition) is 1. The third-order valence-corrected chi connectivity index (χ3v) is 3.91. The van der Waals surface area contributed by atoms with Gasteiger partial charge in [-0.25, -0.2) is 0 Å². The van der Waals surface area contributed by atoms with Gasteiger partial charge in [0.2, 0.25) is 0 Å². The summed E-state index contributed by atoms with van der Waals surface area (Å²) in [5, 5.41) is 9.71. The molecule has 0 saturated carbocycles. The van der Waals surface area contributed by atoms with Crippen molar-refractivity contribution >= 4 is 11.6 Å². The molecular weight excluding hydrogens is 250 g/mol. The average Bonchev–Trinajstić information content (AvgIpc) is 2.80. The zero-order valence-electron chi connectivity index (χ0n) is 10.7. The molecule has 0 bridgehead atoms. The van der Waals surface area contributed by atoms with Crippen LogP contribution in [-0.4, -0.2) is 36.8 Å². The van der Waals surface area contributed by atoms with Gasteiger partial charge in [0.25, 0.3) is 0 Å². The molecule has 2 rings (SSSR count). The topological polar surface area (TPSA) is 32.7 Å². The smallest absolute Gasteiger partial charge is 0.120 e. The maximum atomic E-state index is 8.95. The van der Waals surface area contributed by atoms with Gasteiger partial charge in [0.15, 0.2) is 0 Å². The number of hydrogen-bond acceptors (Lipinski definition) is 3. The third-order valence-electron chi connectivity index (χ3n) is 3.56. The molecule has 0 spiro atoms. The van der Waals surface area contributed by atoms with Crippen molar-refractivity contribution in [3.05, 3.63) is 28.8 Å². The summed E-state index contributed by atoms with van der Waals surface area (Å²) in [6.07, 6.45) is 2.08. The summed E-state index contributed by atoms with van der Waals surface area (Å²) in [4.78, 5) is 2.40. The first-order valence-corrected chi connectivity index (χ1v) is 6.76. The van der Waals surface area contributed by atoms with Gasteiger partial charge >= 0.3 is 0 Å². The minimum absolute atomic E-state index is 0.293. The number of aliphatic hydroxyl groups is 1. The van der Waals surface area contributed by atoms with E-state index in [-0.39, 0.29) is 0 Å². The van der Waals surface area contributed by atoms with Crippen molar-refractivity contribution in [2.45, 2.75) is 19.4 Å². The fourth-order valence-corrected chi connectivity index (χ4v) is 2.73. The Hall–Kier alpha value is -0.770. The minimum Gasteiger partial charge on any atom is -0.497 e. The van der Waals surface area contributed by atoms with Gasteiger partial charge in [-0.1, -0.05) is 17.7 Å². The van der Waals surface area contributed by atoms with E-state index in [1.54, 1.807) is 7.11 Å². The van der Waals surface area contributed by atoms with Crippen LogP contribution in [0.4, 0.5) is 0 Å². The summed E-state index contributed by atoms with van der Waals surface area (Å²) in [6.45, 7) is 3.32. The van der Waals surface area contributed by atoms with Crippen molar-refractivity contribution in [1.82, 2.24) is 4.90 Å². The number of ether oxygens (including phenoxy) is 1. The van der Waals surface area contributed by atoms with Crippen LogP contribution >= 0.6 is 11.6 Å². The van der Waals surface area contributed by atoms with E-state index in [0.717, 1.165) is 42.4 Å². The Morgan fingerprint density at radius 1 is 1.50 bits per heavy atom. The highest BCUT2D eigenvalue weighted by atomic mass is 35.5. The molecule has 1 saturated heterocycles. The van der Waals surface area contributed by atoms with E-state index in [9.17, 15) is 0 Å². The van der Waals surface area contributed by atoms with Crippen molar-refractivity contribution in [2.24, 2.45) is 5.92 Å². The molecule has 1 atom stereocenters. The largest absolute Gasteiger partial charge is 0.497 e. The summed E-state index contributed by atoms with van der Waals surface area (Å²) in [7, 11) is 1.64. The molecule has 0 aromatic heterocycles. The van der Waals surface area contributed by atoms with E-state index in [4.69, 9.17) is 21.4 Å². The lowest BCUT2D eigenvalue weighted by Crippen LogP contribution is -2.20. The number of nitrogens with zero attached hydrogens (tertiary/aromatic N) is 1. The highest BCUT2D eigenvalue weighted by Gasteiger charge is 2.22. The molecule has 18 heavy (non-hydrogen) atoms. The van der Waals surface area contributed by atoms with Crippen molar-refractivity contribution in [3.8, 4) is 5.75 Å². The van der Waals surface area contributed by atoms with Gasteiger partial charge in [-0.2, -0.15) is 0 Å². The number of methoxy groups -OCH3 is 1. The van der Waals surface area contributed by atoms with Crippen LogP contribution in [0.25, 0.3) is 0 Å². The maximum Gasteiger partial charge on any atom is 0.120 e. The molecule has 4 heteroatoms. The Morgan fingerprint density at radius 3 is 3.00 bits per heavy atom. The minimum atomic E-state index is 0.293. The molecule has 1 fully saturated rings. The number of halogens is 1. The first kappa shape index (κ1) is 13.7. The van der Waals surface area contributed by atoms with E-state index in [0.29, 0.717) is 12.5 Å². The van der Waals surface area contributed by atoms with E-state index >= 15 is 0 Å².